The van der Waals surface area contributed by atoms with Crippen molar-refractivity contribution in [2.24, 2.45) is 0 Å². The van der Waals surface area contributed by atoms with Gasteiger partial charge in [0.05, 0.1) is 11.4 Å². The van der Waals surface area contributed by atoms with E-state index in [-0.39, 0.29) is 17.4 Å². The maximum Gasteiger partial charge on any atom is 0.272 e. The van der Waals surface area contributed by atoms with Crippen molar-refractivity contribution in [2.45, 2.75) is 18.4 Å². The van der Waals surface area contributed by atoms with Gasteiger partial charge in [-0.05, 0) is 66.6 Å². The summed E-state index contributed by atoms with van der Waals surface area (Å²) < 4.78 is 5.88. The molecule has 10 heteroatoms. The molecule has 45 heavy (non-hydrogen) atoms. The average molecular weight is 635 g/mol. The van der Waals surface area contributed by atoms with Crippen molar-refractivity contribution >= 4 is 57.7 Å². The van der Waals surface area contributed by atoms with E-state index in [1.165, 1.54) is 23.1 Å². The SMILES string of the molecule is Cc1csc(NC(=O)CSc2cccc(NC(=O)/C(=C/c3ccc(OCc4ccccc4)cc3)NC(=O)c3ccccc3)c2)n1. The molecule has 0 spiro atoms. The minimum absolute atomic E-state index is 0.0676. The van der Waals surface area contributed by atoms with Gasteiger partial charge < -0.3 is 20.7 Å². The summed E-state index contributed by atoms with van der Waals surface area (Å²) in [5, 5.41) is 10.9. The van der Waals surface area contributed by atoms with E-state index in [0.29, 0.717) is 34.3 Å². The maximum absolute atomic E-state index is 13.5. The number of amides is 3. The molecule has 0 radical (unpaired) electrons. The molecular formula is C35H30N4O4S2. The number of carbonyl (C=O) groups is 3. The largest absolute Gasteiger partial charge is 0.489 e. The normalized spacial score (nSPS) is 11.0. The number of thioether (sulfide) groups is 1. The Morgan fingerprint density at radius 2 is 1.60 bits per heavy atom. The fourth-order valence-electron chi connectivity index (χ4n) is 4.09. The molecule has 0 atom stereocenters. The zero-order chi connectivity index (χ0) is 31.4. The second-order valence-electron chi connectivity index (χ2n) is 9.83. The molecule has 0 saturated heterocycles. The lowest BCUT2D eigenvalue weighted by Crippen LogP contribution is -2.30. The van der Waals surface area contributed by atoms with Crippen LogP contribution in [0.1, 0.15) is 27.2 Å². The summed E-state index contributed by atoms with van der Waals surface area (Å²) in [6.07, 6.45) is 1.61. The molecule has 3 amide bonds. The van der Waals surface area contributed by atoms with Crippen molar-refractivity contribution in [3.63, 3.8) is 0 Å². The van der Waals surface area contributed by atoms with Crippen LogP contribution in [-0.2, 0) is 16.2 Å². The molecule has 0 aliphatic heterocycles. The van der Waals surface area contributed by atoms with Crippen LogP contribution in [-0.4, -0.2) is 28.5 Å². The molecule has 0 fully saturated rings. The van der Waals surface area contributed by atoms with Crippen molar-refractivity contribution in [3.8, 4) is 5.75 Å². The number of carbonyl (C=O) groups excluding carboxylic acids is 3. The van der Waals surface area contributed by atoms with Gasteiger partial charge >= 0.3 is 0 Å². The summed E-state index contributed by atoms with van der Waals surface area (Å²) in [5.41, 5.74) is 3.62. The van der Waals surface area contributed by atoms with Crippen molar-refractivity contribution in [1.29, 1.82) is 0 Å². The van der Waals surface area contributed by atoms with Crippen LogP contribution in [0.15, 0.2) is 125 Å². The van der Waals surface area contributed by atoms with E-state index in [1.807, 2.05) is 79.0 Å². The maximum atomic E-state index is 13.5. The summed E-state index contributed by atoms with van der Waals surface area (Å²) in [6.45, 7) is 2.30. The lowest BCUT2D eigenvalue weighted by atomic mass is 10.1. The first kappa shape index (κ1) is 31.2. The molecule has 1 aromatic heterocycles. The van der Waals surface area contributed by atoms with E-state index in [4.69, 9.17) is 4.74 Å². The first-order valence-electron chi connectivity index (χ1n) is 14.0. The Morgan fingerprint density at radius 3 is 2.31 bits per heavy atom. The van der Waals surface area contributed by atoms with Crippen LogP contribution in [0.4, 0.5) is 10.8 Å². The predicted molar refractivity (Wildman–Crippen MR) is 180 cm³/mol. The number of benzene rings is 4. The molecule has 3 N–H and O–H groups in total. The third-order valence-electron chi connectivity index (χ3n) is 6.30. The van der Waals surface area contributed by atoms with Crippen LogP contribution < -0.4 is 20.7 Å². The highest BCUT2D eigenvalue weighted by Gasteiger charge is 2.16. The lowest BCUT2D eigenvalue weighted by molar-refractivity contribution is -0.114. The van der Waals surface area contributed by atoms with E-state index in [2.05, 4.69) is 20.9 Å². The number of nitrogens with one attached hydrogen (secondary N) is 3. The van der Waals surface area contributed by atoms with Gasteiger partial charge in [-0.25, -0.2) is 4.98 Å². The molecule has 5 aromatic rings. The second kappa shape index (κ2) is 15.5. The standard InChI is InChI=1S/C35H30N4O4S2/c1-24-22-45-35(36-24)39-32(40)23-44-30-14-8-13-28(20-30)37-34(42)31(38-33(41)27-11-6-3-7-12-27)19-25-15-17-29(18-16-25)43-21-26-9-4-2-5-10-26/h2-20,22H,21,23H2,1H3,(H,37,42)(H,38,41)(H,36,39,40)/b31-19-. The fraction of sp³-hybridized carbons (Fsp3) is 0.0857. The van der Waals surface area contributed by atoms with Crippen LogP contribution in [0.2, 0.25) is 0 Å². The minimum Gasteiger partial charge on any atom is -0.489 e. The van der Waals surface area contributed by atoms with E-state index >= 15 is 0 Å². The Bertz CT molecular complexity index is 1790. The first-order valence-corrected chi connectivity index (χ1v) is 15.9. The highest BCUT2D eigenvalue weighted by molar-refractivity contribution is 8.00. The number of aromatic nitrogens is 1. The van der Waals surface area contributed by atoms with E-state index in [1.54, 1.807) is 48.5 Å². The van der Waals surface area contributed by atoms with Crippen LogP contribution in [0.5, 0.6) is 5.75 Å². The number of rotatable bonds is 12. The van der Waals surface area contributed by atoms with Crippen molar-refractivity contribution in [1.82, 2.24) is 10.3 Å². The molecule has 0 aliphatic rings. The number of nitrogens with zero attached hydrogens (tertiary/aromatic N) is 1. The molecule has 5 rings (SSSR count). The first-order chi connectivity index (χ1) is 21.9. The van der Waals surface area contributed by atoms with Gasteiger partial charge in [-0.2, -0.15) is 0 Å². The summed E-state index contributed by atoms with van der Waals surface area (Å²) in [4.78, 5) is 43.9. The van der Waals surface area contributed by atoms with Crippen LogP contribution >= 0.6 is 23.1 Å². The Kier molecular flexibility index (Phi) is 10.8. The third kappa shape index (κ3) is 9.65. The molecule has 226 valence electrons. The molecular weight excluding hydrogens is 605 g/mol. The Balaban J connectivity index is 1.27. The third-order valence-corrected chi connectivity index (χ3v) is 8.16. The molecule has 0 saturated carbocycles. The van der Waals surface area contributed by atoms with Gasteiger partial charge in [0, 0.05) is 21.5 Å². The number of ether oxygens (including phenoxy) is 1. The number of hydrogen-bond acceptors (Lipinski definition) is 7. The fourth-order valence-corrected chi connectivity index (χ4v) is 5.55. The number of hydrogen-bond donors (Lipinski definition) is 3. The van der Waals surface area contributed by atoms with Gasteiger partial charge in [-0.3, -0.25) is 14.4 Å². The highest BCUT2D eigenvalue weighted by atomic mass is 32.2. The van der Waals surface area contributed by atoms with Gasteiger partial charge in [0.1, 0.15) is 18.1 Å². The Morgan fingerprint density at radius 1 is 0.867 bits per heavy atom. The van der Waals surface area contributed by atoms with Crippen molar-refractivity contribution in [3.05, 3.63) is 143 Å². The zero-order valence-corrected chi connectivity index (χ0v) is 26.0. The van der Waals surface area contributed by atoms with Crippen molar-refractivity contribution < 1.29 is 19.1 Å². The molecule has 4 aromatic carbocycles. The van der Waals surface area contributed by atoms with Crippen LogP contribution in [0, 0.1) is 6.92 Å². The monoisotopic (exact) mass is 634 g/mol. The smallest absolute Gasteiger partial charge is 0.272 e. The summed E-state index contributed by atoms with van der Waals surface area (Å²) in [7, 11) is 0. The highest BCUT2D eigenvalue weighted by Crippen LogP contribution is 2.23. The van der Waals surface area contributed by atoms with Crippen LogP contribution in [0.25, 0.3) is 6.08 Å². The number of aryl methyl sites for hydroxylation is 1. The molecule has 0 aliphatic carbocycles. The minimum atomic E-state index is -0.497. The van der Waals surface area contributed by atoms with E-state index in [0.717, 1.165) is 16.2 Å². The summed E-state index contributed by atoms with van der Waals surface area (Å²) >= 11 is 2.71. The van der Waals surface area contributed by atoms with E-state index in [9.17, 15) is 14.4 Å². The average Bonchev–Trinajstić information content (AvgIpc) is 3.48. The Hall–Kier alpha value is -5.19. The van der Waals surface area contributed by atoms with Gasteiger partial charge in [0.25, 0.3) is 11.8 Å². The van der Waals surface area contributed by atoms with Gasteiger partial charge in [0.15, 0.2) is 5.13 Å². The quantitative estimate of drug-likeness (QED) is 0.0992. The topological polar surface area (TPSA) is 109 Å². The predicted octanol–water partition coefficient (Wildman–Crippen LogP) is 7.17. The van der Waals surface area contributed by atoms with E-state index < -0.39 is 11.8 Å². The van der Waals surface area contributed by atoms with Crippen LogP contribution in [0.3, 0.4) is 0 Å². The summed E-state index contributed by atoms with van der Waals surface area (Å²) in [5.74, 6) is -0.221. The van der Waals surface area contributed by atoms with Gasteiger partial charge in [0.2, 0.25) is 5.91 Å². The molecule has 0 bridgehead atoms. The molecule has 0 unspecified atom stereocenters. The van der Waals surface area contributed by atoms with Gasteiger partial charge in [-0.15, -0.1) is 23.1 Å². The molecule has 8 nitrogen and oxygen atoms in total. The number of anilines is 2. The summed E-state index contributed by atoms with van der Waals surface area (Å²) in [6, 6.07) is 33.0. The zero-order valence-electron chi connectivity index (χ0n) is 24.4. The number of thiazole rings is 1. The second-order valence-corrected chi connectivity index (χ2v) is 11.7. The Labute approximate surface area is 269 Å². The lowest BCUT2D eigenvalue weighted by Gasteiger charge is -2.12. The molecule has 1 heterocycles. The van der Waals surface area contributed by atoms with Crippen molar-refractivity contribution in [2.75, 3.05) is 16.4 Å². The van der Waals surface area contributed by atoms with Gasteiger partial charge in [-0.1, -0.05) is 66.7 Å².